The van der Waals surface area contributed by atoms with Gasteiger partial charge < -0.3 is 5.32 Å². The molecular weight excluding hydrogens is 384 g/mol. The molecule has 0 aliphatic carbocycles. The third-order valence-corrected chi connectivity index (χ3v) is 6.31. The van der Waals surface area contributed by atoms with Crippen LogP contribution in [0.3, 0.4) is 0 Å². The van der Waals surface area contributed by atoms with Gasteiger partial charge in [-0.3, -0.25) is 14.2 Å². The van der Waals surface area contributed by atoms with E-state index in [2.05, 4.69) is 15.3 Å². The maximum Gasteiger partial charge on any atom is 0.272 e. The lowest BCUT2D eigenvalue weighted by Crippen LogP contribution is -2.30. The maximum absolute atomic E-state index is 13.1. The number of rotatable bonds is 3. The molecule has 148 valence electrons. The van der Waals surface area contributed by atoms with Crippen molar-refractivity contribution >= 4 is 43.4 Å². The molecule has 1 aromatic carbocycles. The number of aryl methyl sites for hydroxylation is 4. The molecule has 29 heavy (non-hydrogen) atoms. The number of pyridine rings is 1. The number of anilines is 1. The van der Waals surface area contributed by atoms with Gasteiger partial charge in [-0.05, 0) is 63.4 Å². The highest BCUT2D eigenvalue weighted by molar-refractivity contribution is 7.25. The molecule has 7 heteroatoms. The third-order valence-electron chi connectivity index (χ3n) is 5.25. The Morgan fingerprint density at radius 2 is 1.86 bits per heavy atom. The zero-order valence-electron chi connectivity index (χ0n) is 17.1. The van der Waals surface area contributed by atoms with Crippen LogP contribution in [0.4, 0.5) is 5.69 Å². The molecule has 0 aliphatic heterocycles. The van der Waals surface area contributed by atoms with Gasteiger partial charge in [0.2, 0.25) is 5.91 Å². The molecule has 4 rings (SSSR count). The van der Waals surface area contributed by atoms with Crippen molar-refractivity contribution in [3.63, 3.8) is 0 Å². The summed E-state index contributed by atoms with van der Waals surface area (Å²) >= 11 is 1.34. The monoisotopic (exact) mass is 406 g/mol. The number of carbonyl (C=O) groups is 1. The number of nitrogens with one attached hydrogen (secondary N) is 1. The Morgan fingerprint density at radius 1 is 1.10 bits per heavy atom. The largest absolute Gasteiger partial charge is 0.324 e. The molecule has 0 bridgehead atoms. The van der Waals surface area contributed by atoms with Crippen LogP contribution in [0, 0.1) is 34.6 Å². The SMILES string of the molecule is Cc1cc(C)c2c(n1)sc1c(=O)n(CC(=O)Nc3cccc(C)c3C)c(C)nc12. The highest BCUT2D eigenvalue weighted by Gasteiger charge is 2.18. The molecular formula is C22H22N4O2S. The number of fused-ring (bicyclic) bond motifs is 3. The van der Waals surface area contributed by atoms with Gasteiger partial charge in [-0.25, -0.2) is 9.97 Å². The Bertz CT molecular complexity index is 1350. The number of hydrogen-bond donors (Lipinski definition) is 1. The molecule has 0 radical (unpaired) electrons. The average molecular weight is 407 g/mol. The van der Waals surface area contributed by atoms with Crippen LogP contribution in [-0.4, -0.2) is 20.4 Å². The van der Waals surface area contributed by atoms with Crippen molar-refractivity contribution in [1.29, 1.82) is 0 Å². The number of amides is 1. The number of carbonyl (C=O) groups excluding carboxylic acids is 1. The summed E-state index contributed by atoms with van der Waals surface area (Å²) in [6.07, 6.45) is 0. The first-order chi connectivity index (χ1) is 13.8. The Labute approximate surface area is 172 Å². The number of nitrogens with zero attached hydrogens (tertiary/aromatic N) is 3. The predicted octanol–water partition coefficient (Wildman–Crippen LogP) is 4.19. The van der Waals surface area contributed by atoms with Crippen LogP contribution in [0.1, 0.15) is 28.2 Å². The summed E-state index contributed by atoms with van der Waals surface area (Å²) in [4.78, 5) is 35.8. The maximum atomic E-state index is 13.1. The molecule has 1 N–H and O–H groups in total. The van der Waals surface area contributed by atoms with Crippen molar-refractivity contribution in [3.8, 4) is 0 Å². The van der Waals surface area contributed by atoms with Crippen LogP contribution >= 0.6 is 11.3 Å². The summed E-state index contributed by atoms with van der Waals surface area (Å²) in [7, 11) is 0. The normalized spacial score (nSPS) is 11.3. The van der Waals surface area contributed by atoms with Gasteiger partial charge in [-0.15, -0.1) is 11.3 Å². The summed E-state index contributed by atoms with van der Waals surface area (Å²) in [5.74, 6) is 0.259. The summed E-state index contributed by atoms with van der Waals surface area (Å²) in [6, 6.07) is 7.75. The molecule has 0 fully saturated rings. The molecule has 0 aliphatic rings. The summed E-state index contributed by atoms with van der Waals surface area (Å²) < 4.78 is 1.96. The predicted molar refractivity (Wildman–Crippen MR) is 118 cm³/mol. The van der Waals surface area contributed by atoms with Gasteiger partial charge in [0.15, 0.2) is 0 Å². The van der Waals surface area contributed by atoms with Crippen LogP contribution < -0.4 is 10.9 Å². The lowest BCUT2D eigenvalue weighted by molar-refractivity contribution is -0.116. The quantitative estimate of drug-likeness (QED) is 0.553. The number of thiophene rings is 1. The molecule has 0 saturated heterocycles. The summed E-state index contributed by atoms with van der Waals surface area (Å²) in [6.45, 7) is 9.57. The van der Waals surface area contributed by atoms with E-state index in [1.54, 1.807) is 6.92 Å². The van der Waals surface area contributed by atoms with Gasteiger partial charge in [0.1, 0.15) is 21.9 Å². The second-order valence-corrected chi connectivity index (χ2v) is 8.39. The molecule has 3 aromatic heterocycles. The molecule has 4 aromatic rings. The van der Waals surface area contributed by atoms with Crippen LogP contribution in [0.5, 0.6) is 0 Å². The minimum Gasteiger partial charge on any atom is -0.324 e. The van der Waals surface area contributed by atoms with E-state index >= 15 is 0 Å². The van der Waals surface area contributed by atoms with Gasteiger partial charge in [0, 0.05) is 16.8 Å². The standard InChI is InChI=1S/C22H22N4O2S/c1-11-7-6-8-16(14(11)4)25-17(27)10-26-15(5)24-19-18-12(2)9-13(3)23-21(18)29-20(19)22(26)28/h6-9H,10H2,1-5H3,(H,25,27). The first kappa shape index (κ1) is 19.3. The van der Waals surface area contributed by atoms with E-state index in [-0.39, 0.29) is 18.0 Å². The lowest BCUT2D eigenvalue weighted by Gasteiger charge is -2.12. The highest BCUT2D eigenvalue weighted by Crippen LogP contribution is 2.32. The van der Waals surface area contributed by atoms with Crippen LogP contribution in [0.15, 0.2) is 29.1 Å². The smallest absolute Gasteiger partial charge is 0.272 e. The fourth-order valence-electron chi connectivity index (χ4n) is 3.57. The fraction of sp³-hybridized carbons (Fsp3) is 0.273. The van der Waals surface area contributed by atoms with E-state index in [1.807, 2.05) is 52.0 Å². The molecule has 6 nitrogen and oxygen atoms in total. The molecule has 0 spiro atoms. The molecule has 0 unspecified atom stereocenters. The summed E-state index contributed by atoms with van der Waals surface area (Å²) in [5.41, 5.74) is 5.30. The Hall–Kier alpha value is -3.06. The van der Waals surface area contributed by atoms with Gasteiger partial charge >= 0.3 is 0 Å². The van der Waals surface area contributed by atoms with Crippen LogP contribution in [0.25, 0.3) is 20.4 Å². The minimum absolute atomic E-state index is 0.0827. The molecule has 3 heterocycles. The Kier molecular flexibility index (Phi) is 4.70. The fourth-order valence-corrected chi connectivity index (χ4v) is 4.76. The van der Waals surface area contributed by atoms with Crippen LogP contribution in [-0.2, 0) is 11.3 Å². The lowest BCUT2D eigenvalue weighted by atomic mass is 10.1. The van der Waals surface area contributed by atoms with E-state index in [9.17, 15) is 9.59 Å². The molecule has 0 saturated carbocycles. The van der Waals surface area contributed by atoms with Gasteiger partial charge in [0.25, 0.3) is 5.56 Å². The van der Waals surface area contributed by atoms with Crippen molar-refractivity contribution in [3.05, 3.63) is 62.8 Å². The van der Waals surface area contributed by atoms with E-state index in [0.29, 0.717) is 16.0 Å². The number of benzene rings is 1. The van der Waals surface area contributed by atoms with Gasteiger partial charge in [-0.2, -0.15) is 0 Å². The topological polar surface area (TPSA) is 76.9 Å². The number of aromatic nitrogens is 3. The van der Waals surface area contributed by atoms with Crippen molar-refractivity contribution < 1.29 is 4.79 Å². The van der Waals surface area contributed by atoms with Crippen molar-refractivity contribution in [2.24, 2.45) is 0 Å². The zero-order valence-corrected chi connectivity index (χ0v) is 17.9. The molecule has 1 amide bonds. The highest BCUT2D eigenvalue weighted by atomic mass is 32.1. The summed E-state index contributed by atoms with van der Waals surface area (Å²) in [5, 5.41) is 3.83. The van der Waals surface area contributed by atoms with Crippen molar-refractivity contribution in [1.82, 2.24) is 14.5 Å². The second kappa shape index (κ2) is 7.08. The first-order valence-electron chi connectivity index (χ1n) is 9.40. The minimum atomic E-state index is -0.253. The van der Waals surface area contributed by atoms with Crippen molar-refractivity contribution in [2.75, 3.05) is 5.32 Å². The van der Waals surface area contributed by atoms with E-state index in [0.717, 1.165) is 38.3 Å². The van der Waals surface area contributed by atoms with Gasteiger partial charge in [-0.1, -0.05) is 12.1 Å². The zero-order chi connectivity index (χ0) is 20.9. The average Bonchev–Trinajstić information content (AvgIpc) is 3.01. The van der Waals surface area contributed by atoms with Gasteiger partial charge in [0.05, 0.1) is 5.52 Å². The van der Waals surface area contributed by atoms with E-state index in [1.165, 1.54) is 15.9 Å². The number of hydrogen-bond acceptors (Lipinski definition) is 5. The first-order valence-corrected chi connectivity index (χ1v) is 10.2. The van der Waals surface area contributed by atoms with Crippen molar-refractivity contribution in [2.45, 2.75) is 41.2 Å². The van der Waals surface area contributed by atoms with Crippen LogP contribution in [0.2, 0.25) is 0 Å². The molecule has 0 atom stereocenters. The van der Waals surface area contributed by atoms with E-state index < -0.39 is 0 Å². The Balaban J connectivity index is 1.75. The third kappa shape index (κ3) is 3.31. The Morgan fingerprint density at radius 3 is 2.62 bits per heavy atom. The van der Waals surface area contributed by atoms with E-state index in [4.69, 9.17) is 0 Å². The second-order valence-electron chi connectivity index (χ2n) is 7.39.